The summed E-state index contributed by atoms with van der Waals surface area (Å²) in [6, 6.07) is 8.95. The predicted octanol–water partition coefficient (Wildman–Crippen LogP) is 3.08. The van der Waals surface area contributed by atoms with Gasteiger partial charge < -0.3 is 5.32 Å². The van der Waals surface area contributed by atoms with Gasteiger partial charge in [-0.05, 0) is 25.1 Å². The zero-order valence-electron chi connectivity index (χ0n) is 9.61. The van der Waals surface area contributed by atoms with Crippen LogP contribution in [0.2, 0.25) is 5.02 Å². The van der Waals surface area contributed by atoms with Crippen molar-refractivity contribution in [3.05, 3.63) is 41.2 Å². The highest BCUT2D eigenvalue weighted by molar-refractivity contribution is 6.30. The molecule has 0 aliphatic carbocycles. The van der Waals surface area contributed by atoms with Crippen molar-refractivity contribution in [3.63, 3.8) is 0 Å². The topological polar surface area (TPSA) is 73.6 Å². The fourth-order valence-corrected chi connectivity index (χ4v) is 1.66. The lowest BCUT2D eigenvalue weighted by Crippen LogP contribution is -2.00. The van der Waals surface area contributed by atoms with Crippen LogP contribution >= 0.6 is 11.6 Å². The Hall–Kier alpha value is -2.32. The van der Waals surface area contributed by atoms with Crippen molar-refractivity contribution in [1.29, 1.82) is 5.26 Å². The first-order chi connectivity index (χ1) is 8.67. The summed E-state index contributed by atoms with van der Waals surface area (Å²) >= 11 is 5.90. The molecule has 5 nitrogen and oxygen atoms in total. The fraction of sp³-hybridized carbons (Fsp3) is 0.0833. The Balaban J connectivity index is 2.26. The van der Waals surface area contributed by atoms with E-state index in [4.69, 9.17) is 16.9 Å². The van der Waals surface area contributed by atoms with E-state index in [-0.39, 0.29) is 0 Å². The summed E-state index contributed by atoms with van der Waals surface area (Å²) in [5, 5.41) is 14.8. The van der Waals surface area contributed by atoms with Gasteiger partial charge >= 0.3 is 0 Å². The van der Waals surface area contributed by atoms with Gasteiger partial charge in [0.2, 0.25) is 0 Å². The van der Waals surface area contributed by atoms with Gasteiger partial charge in [-0.25, -0.2) is 9.97 Å². The maximum atomic E-state index is 8.57. The van der Waals surface area contributed by atoms with Crippen molar-refractivity contribution >= 4 is 28.9 Å². The first-order valence-electron chi connectivity index (χ1n) is 5.21. The van der Waals surface area contributed by atoms with E-state index in [0.29, 0.717) is 22.5 Å². The Kier molecular flexibility index (Phi) is 3.60. The smallest absolute Gasteiger partial charge is 0.182 e. The zero-order valence-corrected chi connectivity index (χ0v) is 10.4. The van der Waals surface area contributed by atoms with Gasteiger partial charge in [0.25, 0.3) is 0 Å². The summed E-state index contributed by atoms with van der Waals surface area (Å²) in [6.45, 7) is 1.76. The lowest BCUT2D eigenvalue weighted by molar-refractivity contribution is 1.06. The van der Waals surface area contributed by atoms with Crippen LogP contribution in [-0.4, -0.2) is 9.97 Å². The van der Waals surface area contributed by atoms with E-state index in [0.717, 1.165) is 5.69 Å². The summed E-state index contributed by atoms with van der Waals surface area (Å²) in [4.78, 5) is 8.30. The Labute approximate surface area is 109 Å². The second-order valence-electron chi connectivity index (χ2n) is 3.56. The Morgan fingerprint density at radius 2 is 2.00 bits per heavy atom. The molecular weight excluding hydrogens is 250 g/mol. The van der Waals surface area contributed by atoms with Crippen LogP contribution in [0, 0.1) is 18.4 Å². The number of halogens is 1. The molecule has 0 atom stereocenters. The first-order valence-corrected chi connectivity index (χ1v) is 5.58. The van der Waals surface area contributed by atoms with Crippen LogP contribution in [0.4, 0.5) is 17.3 Å². The van der Waals surface area contributed by atoms with Gasteiger partial charge in [-0.1, -0.05) is 17.7 Å². The third-order valence-corrected chi connectivity index (χ3v) is 2.35. The van der Waals surface area contributed by atoms with E-state index in [1.54, 1.807) is 25.1 Å². The Morgan fingerprint density at radius 1 is 1.22 bits per heavy atom. The minimum Gasteiger partial charge on any atom is -0.340 e. The molecule has 2 rings (SSSR count). The molecule has 1 heterocycles. The van der Waals surface area contributed by atoms with Crippen LogP contribution in [-0.2, 0) is 0 Å². The normalized spacial score (nSPS) is 9.61. The largest absolute Gasteiger partial charge is 0.340 e. The Bertz CT molecular complexity index is 606. The van der Waals surface area contributed by atoms with Crippen LogP contribution in [0.25, 0.3) is 0 Å². The molecule has 0 spiro atoms. The fourth-order valence-electron chi connectivity index (χ4n) is 1.47. The van der Waals surface area contributed by atoms with Crippen molar-refractivity contribution in [3.8, 4) is 6.19 Å². The maximum Gasteiger partial charge on any atom is 0.182 e. The SMILES string of the molecule is Cc1nc(NC#N)cc(Nc2cccc(Cl)c2)n1. The summed E-state index contributed by atoms with van der Waals surface area (Å²) < 4.78 is 0. The number of aryl methyl sites for hydroxylation is 1. The zero-order chi connectivity index (χ0) is 13.0. The number of anilines is 3. The van der Waals surface area contributed by atoms with Gasteiger partial charge in [0.15, 0.2) is 6.19 Å². The maximum absolute atomic E-state index is 8.57. The number of nitrogens with zero attached hydrogens (tertiary/aromatic N) is 3. The van der Waals surface area contributed by atoms with E-state index in [1.807, 2.05) is 18.3 Å². The van der Waals surface area contributed by atoms with Gasteiger partial charge in [0.05, 0.1) is 0 Å². The summed E-state index contributed by atoms with van der Waals surface area (Å²) in [6.07, 6.45) is 1.82. The molecule has 6 heteroatoms. The quantitative estimate of drug-likeness (QED) is 0.655. The van der Waals surface area contributed by atoms with Gasteiger partial charge in [0, 0.05) is 16.8 Å². The number of benzene rings is 1. The molecule has 0 radical (unpaired) electrons. The molecule has 0 saturated heterocycles. The lowest BCUT2D eigenvalue weighted by atomic mass is 10.3. The van der Waals surface area contributed by atoms with Crippen molar-refractivity contribution in [2.24, 2.45) is 0 Å². The summed E-state index contributed by atoms with van der Waals surface area (Å²) in [5.74, 6) is 1.62. The third kappa shape index (κ3) is 3.09. The van der Waals surface area contributed by atoms with Crippen molar-refractivity contribution < 1.29 is 0 Å². The molecule has 1 aromatic heterocycles. The second-order valence-corrected chi connectivity index (χ2v) is 3.99. The highest BCUT2D eigenvalue weighted by atomic mass is 35.5. The number of rotatable bonds is 3. The van der Waals surface area contributed by atoms with Crippen LogP contribution < -0.4 is 10.6 Å². The average Bonchev–Trinajstić information content (AvgIpc) is 2.28. The predicted molar refractivity (Wildman–Crippen MR) is 70.7 cm³/mol. The van der Waals surface area contributed by atoms with Gasteiger partial charge in [-0.2, -0.15) is 5.26 Å². The van der Waals surface area contributed by atoms with Crippen LogP contribution in [0.5, 0.6) is 0 Å². The van der Waals surface area contributed by atoms with E-state index in [9.17, 15) is 0 Å². The van der Waals surface area contributed by atoms with E-state index < -0.39 is 0 Å². The molecule has 18 heavy (non-hydrogen) atoms. The minimum absolute atomic E-state index is 0.453. The Morgan fingerprint density at radius 3 is 2.72 bits per heavy atom. The number of nitrogens with one attached hydrogen (secondary N) is 2. The van der Waals surface area contributed by atoms with Crippen molar-refractivity contribution in [2.45, 2.75) is 6.92 Å². The minimum atomic E-state index is 0.453. The van der Waals surface area contributed by atoms with Crippen molar-refractivity contribution in [2.75, 3.05) is 10.6 Å². The van der Waals surface area contributed by atoms with Crippen LogP contribution in [0.1, 0.15) is 5.82 Å². The number of hydrogen-bond acceptors (Lipinski definition) is 5. The number of aromatic nitrogens is 2. The standard InChI is InChI=1S/C12H10ClN5/c1-8-16-11(15-7-14)6-12(17-8)18-10-4-2-3-9(13)5-10/h2-6H,1H3,(H2,15,16,17,18). The monoisotopic (exact) mass is 259 g/mol. The third-order valence-electron chi connectivity index (χ3n) is 2.12. The summed E-state index contributed by atoms with van der Waals surface area (Å²) in [7, 11) is 0. The second kappa shape index (κ2) is 5.34. The molecule has 0 unspecified atom stereocenters. The average molecular weight is 260 g/mol. The molecule has 0 aliphatic heterocycles. The lowest BCUT2D eigenvalue weighted by Gasteiger charge is -2.07. The molecule has 1 aromatic carbocycles. The van der Waals surface area contributed by atoms with Crippen molar-refractivity contribution in [1.82, 2.24) is 9.97 Å². The van der Waals surface area contributed by atoms with Gasteiger partial charge in [0.1, 0.15) is 17.5 Å². The molecule has 0 aliphatic rings. The van der Waals surface area contributed by atoms with Crippen LogP contribution in [0.3, 0.4) is 0 Å². The molecule has 2 N–H and O–H groups in total. The number of hydrogen-bond donors (Lipinski definition) is 2. The highest BCUT2D eigenvalue weighted by Gasteiger charge is 2.02. The van der Waals surface area contributed by atoms with E-state index in [1.165, 1.54) is 0 Å². The molecule has 0 fully saturated rings. The number of nitriles is 1. The van der Waals surface area contributed by atoms with E-state index >= 15 is 0 Å². The molecule has 0 saturated carbocycles. The van der Waals surface area contributed by atoms with E-state index in [2.05, 4.69) is 20.6 Å². The van der Waals surface area contributed by atoms with Gasteiger partial charge in [-0.3, -0.25) is 5.32 Å². The molecule has 0 bridgehead atoms. The highest BCUT2D eigenvalue weighted by Crippen LogP contribution is 2.20. The van der Waals surface area contributed by atoms with Gasteiger partial charge in [-0.15, -0.1) is 0 Å². The molecule has 2 aromatic rings. The molecular formula is C12H10ClN5. The van der Waals surface area contributed by atoms with Crippen LogP contribution in [0.15, 0.2) is 30.3 Å². The summed E-state index contributed by atoms with van der Waals surface area (Å²) in [5.41, 5.74) is 0.823. The first kappa shape index (κ1) is 12.1. The molecule has 0 amide bonds. The molecule has 90 valence electrons.